The molecule has 43 heavy (non-hydrogen) atoms. The first-order valence-corrected chi connectivity index (χ1v) is 15.7. The average molecular weight is 587 g/mol. The summed E-state index contributed by atoms with van der Waals surface area (Å²) in [5.74, 6) is 0.488. The third kappa shape index (κ3) is 7.15. The van der Waals surface area contributed by atoms with Crippen molar-refractivity contribution in [2.75, 3.05) is 0 Å². The maximum Gasteiger partial charge on any atom is 0.165 e. The number of phenols is 1. The van der Waals surface area contributed by atoms with E-state index in [9.17, 15) is 15.0 Å². The maximum atomic E-state index is 12.4. The molecule has 8 nitrogen and oxygen atoms in total. The van der Waals surface area contributed by atoms with Crippen molar-refractivity contribution >= 4 is 16.7 Å². The second kappa shape index (κ2) is 13.8. The van der Waals surface area contributed by atoms with Gasteiger partial charge in [-0.2, -0.15) is 0 Å². The van der Waals surface area contributed by atoms with Crippen molar-refractivity contribution in [1.29, 1.82) is 0 Å². The summed E-state index contributed by atoms with van der Waals surface area (Å²) in [5, 5.41) is 21.7. The molecular formula is C35H46N4O4. The molecule has 1 fully saturated rings. The van der Waals surface area contributed by atoms with E-state index in [2.05, 4.69) is 42.5 Å². The molecule has 5 rings (SSSR count). The van der Waals surface area contributed by atoms with Crippen LogP contribution in [0, 0.1) is 0 Å². The summed E-state index contributed by atoms with van der Waals surface area (Å²) in [6.07, 6.45) is 14.5. The van der Waals surface area contributed by atoms with Gasteiger partial charge in [0, 0.05) is 42.2 Å². The Morgan fingerprint density at radius 3 is 2.70 bits per heavy atom. The number of carbonyl (C=O) groups excluding carboxylic acids is 1. The largest absolute Gasteiger partial charge is 0.504 e. The second-order valence-electron chi connectivity index (χ2n) is 12.2. The highest BCUT2D eigenvalue weighted by atomic mass is 16.5. The topological polar surface area (TPSA) is 140 Å². The molecule has 2 heterocycles. The minimum atomic E-state index is -0.566. The number of aromatic hydroxyl groups is 1. The molecule has 2 aromatic carbocycles. The minimum Gasteiger partial charge on any atom is -0.504 e. The number of benzene rings is 2. The van der Waals surface area contributed by atoms with Crippen LogP contribution in [0.4, 0.5) is 0 Å². The zero-order chi connectivity index (χ0) is 30.4. The van der Waals surface area contributed by atoms with E-state index in [0.717, 1.165) is 67.0 Å². The van der Waals surface area contributed by atoms with E-state index >= 15 is 0 Å². The number of phenolic OH excluding ortho intramolecular Hbond substituents is 1. The Labute approximate surface area is 254 Å². The number of aliphatic hydroxyl groups excluding tert-OH is 1. The van der Waals surface area contributed by atoms with Gasteiger partial charge < -0.3 is 36.0 Å². The van der Waals surface area contributed by atoms with E-state index in [1.54, 1.807) is 12.1 Å². The van der Waals surface area contributed by atoms with Crippen molar-refractivity contribution in [2.45, 2.75) is 102 Å². The zero-order valence-electron chi connectivity index (χ0n) is 25.2. The standard InChI is InChI=1S/C35H46N4O4/c1-2-3-4-10-27(40)19-28(41)13-11-24-12-14-32(42)33(17-24)43-23-39-21-29-30(20-38-31(29)22-39)35(15-5-6-16-35)26-9-7-8-25(18-26)34(36)37/h7-9,12,14,17-18,20-22,27,34,38,40,42H,2-6,10-11,13,15-16,19,23,36-37H2,1H3. The summed E-state index contributed by atoms with van der Waals surface area (Å²) in [7, 11) is 0. The number of Topliss-reactive ketones (excluding diaryl/α,β-unsaturated/α-hetero) is 1. The van der Waals surface area contributed by atoms with Gasteiger partial charge in [0.1, 0.15) is 5.78 Å². The number of nitrogens with zero attached hydrogens (tertiary/aromatic N) is 1. The number of nitrogens with two attached hydrogens (primary N) is 2. The number of aliphatic hydroxyl groups is 1. The van der Waals surface area contributed by atoms with Crippen LogP contribution in [0.3, 0.4) is 0 Å². The van der Waals surface area contributed by atoms with Gasteiger partial charge >= 0.3 is 0 Å². The maximum absolute atomic E-state index is 12.4. The van der Waals surface area contributed by atoms with Gasteiger partial charge in [0.2, 0.25) is 0 Å². The zero-order valence-corrected chi connectivity index (χ0v) is 25.2. The number of aromatic nitrogens is 2. The molecule has 0 bridgehead atoms. The van der Waals surface area contributed by atoms with Gasteiger partial charge in [0.25, 0.3) is 0 Å². The number of rotatable bonds is 15. The fourth-order valence-electron chi connectivity index (χ4n) is 6.63. The van der Waals surface area contributed by atoms with E-state index in [4.69, 9.17) is 16.2 Å². The summed E-state index contributed by atoms with van der Waals surface area (Å²) >= 11 is 0. The lowest BCUT2D eigenvalue weighted by Crippen LogP contribution is -2.25. The average Bonchev–Trinajstić information content (AvgIpc) is 3.73. The van der Waals surface area contributed by atoms with Crippen LogP contribution in [0.5, 0.6) is 11.5 Å². The number of nitrogens with one attached hydrogen (secondary N) is 1. The number of ether oxygens (including phenoxy) is 1. The molecular weight excluding hydrogens is 540 g/mol. The van der Waals surface area contributed by atoms with E-state index in [1.807, 2.05) is 22.9 Å². The molecule has 0 radical (unpaired) electrons. The van der Waals surface area contributed by atoms with E-state index < -0.39 is 12.3 Å². The predicted molar refractivity (Wildman–Crippen MR) is 170 cm³/mol. The number of unbranched alkanes of at least 4 members (excludes halogenated alkanes) is 2. The Kier molecular flexibility index (Phi) is 9.90. The van der Waals surface area contributed by atoms with Gasteiger partial charge in [-0.3, -0.25) is 4.79 Å². The van der Waals surface area contributed by atoms with E-state index in [1.165, 1.54) is 11.1 Å². The number of H-pyrrole nitrogens is 1. The number of hydrogen-bond acceptors (Lipinski definition) is 6. The van der Waals surface area contributed by atoms with Gasteiger partial charge in [-0.05, 0) is 60.1 Å². The highest BCUT2D eigenvalue weighted by molar-refractivity contribution is 5.85. The first kappa shape index (κ1) is 30.9. The molecule has 0 saturated heterocycles. The van der Waals surface area contributed by atoms with Crippen LogP contribution in [0.1, 0.15) is 99.6 Å². The monoisotopic (exact) mass is 586 g/mol. The molecule has 0 amide bonds. The fraction of sp³-hybridized carbons (Fsp3) is 0.457. The Balaban J connectivity index is 1.26. The van der Waals surface area contributed by atoms with Crippen LogP contribution in [0.15, 0.2) is 61.1 Å². The summed E-state index contributed by atoms with van der Waals surface area (Å²) in [4.78, 5) is 15.9. The van der Waals surface area contributed by atoms with Crippen LogP contribution in [0.25, 0.3) is 10.9 Å². The number of aromatic amines is 1. The van der Waals surface area contributed by atoms with E-state index in [0.29, 0.717) is 25.0 Å². The van der Waals surface area contributed by atoms with Crippen molar-refractivity contribution < 1.29 is 19.7 Å². The number of carbonyl (C=O) groups is 1. The Morgan fingerprint density at radius 2 is 1.93 bits per heavy atom. The SMILES string of the molecule is CCCCCC(O)CC(=O)CCc1ccc(O)c(OCn2cc3[nH]cc(C4(c5cccc(C(N)N)c5)CCCC4)c3c2)c1. The summed E-state index contributed by atoms with van der Waals surface area (Å²) in [5.41, 5.74) is 17.3. The number of ketones is 1. The van der Waals surface area contributed by atoms with E-state index in [-0.39, 0.29) is 30.1 Å². The fourth-order valence-corrected chi connectivity index (χ4v) is 6.63. The van der Waals surface area contributed by atoms with Crippen LogP contribution >= 0.6 is 0 Å². The lowest BCUT2D eigenvalue weighted by molar-refractivity contribution is -0.121. The highest BCUT2D eigenvalue weighted by Crippen LogP contribution is 2.49. The second-order valence-corrected chi connectivity index (χ2v) is 12.2. The van der Waals surface area contributed by atoms with Crippen molar-refractivity contribution in [3.05, 3.63) is 83.3 Å². The summed E-state index contributed by atoms with van der Waals surface area (Å²) < 4.78 is 8.03. The minimum absolute atomic E-state index is 0.0513. The van der Waals surface area contributed by atoms with Crippen molar-refractivity contribution in [3.63, 3.8) is 0 Å². The van der Waals surface area contributed by atoms with Crippen LogP contribution in [0.2, 0.25) is 0 Å². The molecule has 1 unspecified atom stereocenters. The summed E-state index contributed by atoms with van der Waals surface area (Å²) in [6.45, 7) is 2.35. The summed E-state index contributed by atoms with van der Waals surface area (Å²) in [6, 6.07) is 13.6. The number of hydrogen-bond donors (Lipinski definition) is 5. The smallest absolute Gasteiger partial charge is 0.165 e. The molecule has 1 aliphatic carbocycles. The highest BCUT2D eigenvalue weighted by Gasteiger charge is 2.39. The van der Waals surface area contributed by atoms with Crippen molar-refractivity contribution in [2.24, 2.45) is 11.5 Å². The molecule has 1 saturated carbocycles. The normalized spacial score (nSPS) is 15.4. The van der Waals surface area contributed by atoms with Crippen LogP contribution in [-0.4, -0.2) is 31.7 Å². The Bertz CT molecular complexity index is 1520. The molecule has 4 aromatic rings. The number of aryl methyl sites for hydroxylation is 1. The lowest BCUT2D eigenvalue weighted by atomic mass is 9.73. The van der Waals surface area contributed by atoms with Gasteiger partial charge in [0.15, 0.2) is 18.2 Å². The predicted octanol–water partition coefficient (Wildman–Crippen LogP) is 6.32. The molecule has 1 aliphatic rings. The molecule has 1 atom stereocenters. The number of fused-ring (bicyclic) bond motifs is 1. The van der Waals surface area contributed by atoms with Crippen molar-refractivity contribution in [1.82, 2.24) is 9.55 Å². The van der Waals surface area contributed by atoms with Crippen molar-refractivity contribution in [3.8, 4) is 11.5 Å². The Morgan fingerprint density at radius 1 is 1.12 bits per heavy atom. The quantitative estimate of drug-likeness (QED) is 0.0816. The van der Waals surface area contributed by atoms with Crippen LogP contribution < -0.4 is 16.2 Å². The van der Waals surface area contributed by atoms with Gasteiger partial charge in [-0.15, -0.1) is 0 Å². The molecule has 2 aromatic heterocycles. The molecule has 8 heteroatoms. The van der Waals surface area contributed by atoms with Gasteiger partial charge in [-0.1, -0.05) is 69.4 Å². The third-order valence-electron chi connectivity index (χ3n) is 9.03. The lowest BCUT2D eigenvalue weighted by Gasteiger charge is -2.30. The molecule has 7 N–H and O–H groups in total. The first-order chi connectivity index (χ1) is 20.8. The third-order valence-corrected chi connectivity index (χ3v) is 9.03. The van der Waals surface area contributed by atoms with Gasteiger partial charge in [-0.25, -0.2) is 0 Å². The Hall–Kier alpha value is -3.59. The van der Waals surface area contributed by atoms with Gasteiger partial charge in [0.05, 0.1) is 17.8 Å². The first-order valence-electron chi connectivity index (χ1n) is 15.7. The molecule has 0 spiro atoms. The molecule has 0 aliphatic heterocycles. The van der Waals surface area contributed by atoms with Crippen LogP contribution in [-0.2, 0) is 23.4 Å². The molecule has 230 valence electrons.